The predicted octanol–water partition coefficient (Wildman–Crippen LogP) is 2.57. The summed E-state index contributed by atoms with van der Waals surface area (Å²) < 4.78 is 5.62. The van der Waals surface area contributed by atoms with Crippen LogP contribution < -0.4 is 5.32 Å². The Bertz CT molecular complexity index is 307. The standard InChI is InChI=1S/C16H32N2O2/c1-15(2,3)17-13-7-10-18(11-8-13)14(19)9-12-20-16(4,5)6/h13,17H,7-12H2,1-6H3. The molecule has 1 amide bonds. The van der Waals surface area contributed by atoms with Crippen molar-refractivity contribution in [1.29, 1.82) is 0 Å². The average Bonchev–Trinajstić information content (AvgIpc) is 2.25. The van der Waals surface area contributed by atoms with Crippen molar-refractivity contribution in [3.8, 4) is 0 Å². The lowest BCUT2D eigenvalue weighted by molar-refractivity contribution is -0.134. The van der Waals surface area contributed by atoms with Crippen molar-refractivity contribution in [2.45, 2.75) is 78.0 Å². The summed E-state index contributed by atoms with van der Waals surface area (Å²) in [5, 5.41) is 3.62. The Balaban J connectivity index is 2.25. The van der Waals surface area contributed by atoms with Gasteiger partial charge in [0.15, 0.2) is 0 Å². The number of carbonyl (C=O) groups excluding carboxylic acids is 1. The number of carbonyl (C=O) groups is 1. The number of likely N-dealkylation sites (tertiary alicyclic amines) is 1. The summed E-state index contributed by atoms with van der Waals surface area (Å²) in [6.45, 7) is 14.9. The van der Waals surface area contributed by atoms with Crippen molar-refractivity contribution in [2.75, 3.05) is 19.7 Å². The van der Waals surface area contributed by atoms with Crippen LogP contribution in [0.4, 0.5) is 0 Å². The number of ether oxygens (including phenoxy) is 1. The molecule has 0 atom stereocenters. The number of amides is 1. The highest BCUT2D eigenvalue weighted by Gasteiger charge is 2.25. The summed E-state index contributed by atoms with van der Waals surface area (Å²) in [6, 6.07) is 0.532. The minimum Gasteiger partial charge on any atom is -0.375 e. The molecule has 0 spiro atoms. The number of hydrogen-bond acceptors (Lipinski definition) is 3. The Hall–Kier alpha value is -0.610. The van der Waals surface area contributed by atoms with E-state index < -0.39 is 0 Å². The van der Waals surface area contributed by atoms with Gasteiger partial charge in [0, 0.05) is 24.7 Å². The van der Waals surface area contributed by atoms with Gasteiger partial charge in [-0.05, 0) is 54.4 Å². The summed E-state index contributed by atoms with van der Waals surface area (Å²) in [4.78, 5) is 14.1. The van der Waals surface area contributed by atoms with Gasteiger partial charge in [0.25, 0.3) is 0 Å². The van der Waals surface area contributed by atoms with E-state index in [2.05, 4.69) is 26.1 Å². The molecule has 118 valence electrons. The molecule has 4 heteroatoms. The fourth-order valence-electron chi connectivity index (χ4n) is 2.49. The number of rotatable bonds is 4. The van der Waals surface area contributed by atoms with Crippen LogP contribution >= 0.6 is 0 Å². The molecule has 0 unspecified atom stereocenters. The molecular formula is C16H32N2O2. The van der Waals surface area contributed by atoms with E-state index in [1.807, 2.05) is 25.7 Å². The van der Waals surface area contributed by atoms with Crippen LogP contribution in [0.3, 0.4) is 0 Å². The SMILES string of the molecule is CC(C)(C)NC1CCN(C(=O)CCOC(C)(C)C)CC1. The zero-order chi connectivity index (χ0) is 15.4. The molecule has 1 heterocycles. The smallest absolute Gasteiger partial charge is 0.224 e. The molecule has 1 fully saturated rings. The van der Waals surface area contributed by atoms with Crippen molar-refractivity contribution in [3.05, 3.63) is 0 Å². The number of piperidine rings is 1. The minimum absolute atomic E-state index is 0.150. The quantitative estimate of drug-likeness (QED) is 0.862. The van der Waals surface area contributed by atoms with Crippen molar-refractivity contribution < 1.29 is 9.53 Å². The normalized spacial score (nSPS) is 18.4. The Morgan fingerprint density at radius 1 is 1.15 bits per heavy atom. The first-order valence-electron chi connectivity index (χ1n) is 7.76. The van der Waals surface area contributed by atoms with E-state index in [9.17, 15) is 4.79 Å². The molecule has 0 aromatic rings. The lowest BCUT2D eigenvalue weighted by Gasteiger charge is -2.36. The van der Waals surface area contributed by atoms with Crippen LogP contribution in [0.1, 0.15) is 60.8 Å². The lowest BCUT2D eigenvalue weighted by Crippen LogP contribution is -2.50. The third kappa shape index (κ3) is 7.25. The monoisotopic (exact) mass is 284 g/mol. The van der Waals surface area contributed by atoms with Crippen LogP contribution in [-0.2, 0) is 9.53 Å². The van der Waals surface area contributed by atoms with E-state index in [0.29, 0.717) is 19.1 Å². The predicted molar refractivity (Wildman–Crippen MR) is 82.8 cm³/mol. The van der Waals surface area contributed by atoms with Crippen LogP contribution in [-0.4, -0.2) is 47.7 Å². The third-order valence-electron chi connectivity index (χ3n) is 3.34. The second kappa shape index (κ2) is 6.90. The van der Waals surface area contributed by atoms with Gasteiger partial charge in [-0.3, -0.25) is 4.79 Å². The van der Waals surface area contributed by atoms with Gasteiger partial charge in [0.05, 0.1) is 18.6 Å². The zero-order valence-electron chi connectivity index (χ0n) is 14.1. The van der Waals surface area contributed by atoms with Crippen LogP contribution in [0.5, 0.6) is 0 Å². The highest BCUT2D eigenvalue weighted by atomic mass is 16.5. The maximum Gasteiger partial charge on any atom is 0.224 e. The molecule has 0 radical (unpaired) electrons. The summed E-state index contributed by atoms with van der Waals surface area (Å²) in [7, 11) is 0. The first kappa shape index (κ1) is 17.4. The van der Waals surface area contributed by atoms with Gasteiger partial charge in [-0.2, -0.15) is 0 Å². The first-order valence-corrected chi connectivity index (χ1v) is 7.76. The van der Waals surface area contributed by atoms with Crippen LogP contribution in [0.25, 0.3) is 0 Å². The first-order chi connectivity index (χ1) is 9.07. The van der Waals surface area contributed by atoms with Gasteiger partial charge >= 0.3 is 0 Å². The van der Waals surface area contributed by atoms with Crippen molar-refractivity contribution in [1.82, 2.24) is 10.2 Å². The molecule has 1 saturated heterocycles. The molecule has 20 heavy (non-hydrogen) atoms. The largest absolute Gasteiger partial charge is 0.375 e. The molecule has 1 rings (SSSR count). The van der Waals surface area contributed by atoms with Crippen LogP contribution in [0.15, 0.2) is 0 Å². The van der Waals surface area contributed by atoms with Crippen molar-refractivity contribution in [3.63, 3.8) is 0 Å². The molecule has 0 saturated carbocycles. The van der Waals surface area contributed by atoms with E-state index in [-0.39, 0.29) is 17.0 Å². The topological polar surface area (TPSA) is 41.6 Å². The van der Waals surface area contributed by atoms with Crippen LogP contribution in [0.2, 0.25) is 0 Å². The number of nitrogens with zero attached hydrogens (tertiary/aromatic N) is 1. The van der Waals surface area contributed by atoms with Gasteiger partial charge in [-0.15, -0.1) is 0 Å². The number of hydrogen-bond donors (Lipinski definition) is 1. The van der Waals surface area contributed by atoms with E-state index in [1.165, 1.54) is 0 Å². The summed E-state index contributed by atoms with van der Waals surface area (Å²) in [6.07, 6.45) is 2.58. The maximum absolute atomic E-state index is 12.1. The van der Waals surface area contributed by atoms with Gasteiger partial charge in [-0.25, -0.2) is 0 Å². The van der Waals surface area contributed by atoms with Gasteiger partial charge < -0.3 is 15.0 Å². The van der Waals surface area contributed by atoms with E-state index in [4.69, 9.17) is 4.74 Å². The van der Waals surface area contributed by atoms with Crippen LogP contribution in [0, 0.1) is 0 Å². The van der Waals surface area contributed by atoms with Gasteiger partial charge in [0.1, 0.15) is 0 Å². The molecule has 0 aromatic carbocycles. The van der Waals surface area contributed by atoms with E-state index >= 15 is 0 Å². The Morgan fingerprint density at radius 2 is 1.70 bits per heavy atom. The molecule has 1 aliphatic rings. The second-order valence-corrected chi connectivity index (χ2v) is 7.76. The molecule has 1 aliphatic heterocycles. The number of nitrogens with one attached hydrogen (secondary N) is 1. The Kier molecular flexibility index (Phi) is 6.02. The lowest BCUT2D eigenvalue weighted by atomic mass is 10.00. The molecule has 0 aromatic heterocycles. The highest BCUT2D eigenvalue weighted by Crippen LogP contribution is 2.15. The molecule has 0 aliphatic carbocycles. The fourth-order valence-corrected chi connectivity index (χ4v) is 2.49. The average molecular weight is 284 g/mol. The van der Waals surface area contributed by atoms with Crippen molar-refractivity contribution in [2.24, 2.45) is 0 Å². The van der Waals surface area contributed by atoms with E-state index in [0.717, 1.165) is 25.9 Å². The third-order valence-corrected chi connectivity index (χ3v) is 3.34. The second-order valence-electron chi connectivity index (χ2n) is 7.76. The summed E-state index contributed by atoms with van der Waals surface area (Å²) >= 11 is 0. The Labute approximate surface area is 124 Å². The molecular weight excluding hydrogens is 252 g/mol. The Morgan fingerprint density at radius 3 is 2.15 bits per heavy atom. The molecule has 0 bridgehead atoms. The zero-order valence-corrected chi connectivity index (χ0v) is 14.1. The highest BCUT2D eigenvalue weighted by molar-refractivity contribution is 5.76. The van der Waals surface area contributed by atoms with Gasteiger partial charge in [-0.1, -0.05) is 0 Å². The summed E-state index contributed by atoms with van der Waals surface area (Å²) in [5.74, 6) is 0.225. The molecule has 1 N–H and O–H groups in total. The maximum atomic E-state index is 12.1. The fraction of sp³-hybridized carbons (Fsp3) is 0.938. The van der Waals surface area contributed by atoms with Crippen molar-refractivity contribution >= 4 is 5.91 Å². The van der Waals surface area contributed by atoms with E-state index in [1.54, 1.807) is 0 Å². The molecule has 4 nitrogen and oxygen atoms in total. The summed E-state index contributed by atoms with van der Waals surface area (Å²) in [5.41, 5.74) is -0.0126. The minimum atomic E-state index is -0.163. The van der Waals surface area contributed by atoms with Gasteiger partial charge in [0.2, 0.25) is 5.91 Å².